The molecule has 0 spiro atoms. The first-order valence-electron chi connectivity index (χ1n) is 4.55. The minimum Gasteiger partial charge on any atom is -0.365 e. The van der Waals surface area contributed by atoms with Crippen molar-refractivity contribution in [3.05, 3.63) is 33.1 Å². The Bertz CT molecular complexity index is 472. The van der Waals surface area contributed by atoms with Crippen molar-refractivity contribution in [2.45, 2.75) is 6.54 Å². The SMILES string of the molecule is NNc1nccc(NCc2ccc(Br)s2)n1. The molecule has 2 heterocycles. The molecule has 0 saturated carbocycles. The Kier molecular flexibility index (Phi) is 3.70. The van der Waals surface area contributed by atoms with Crippen LogP contribution in [0.25, 0.3) is 0 Å². The van der Waals surface area contributed by atoms with Crippen molar-refractivity contribution >= 4 is 39.0 Å². The third-order valence-corrected chi connectivity index (χ3v) is 3.48. The van der Waals surface area contributed by atoms with Crippen LogP contribution in [0.15, 0.2) is 28.2 Å². The van der Waals surface area contributed by atoms with Crippen LogP contribution in [-0.2, 0) is 6.54 Å². The predicted octanol–water partition coefficient (Wildman–Crippen LogP) is 2.20. The minimum absolute atomic E-state index is 0.400. The van der Waals surface area contributed by atoms with Crippen LogP contribution >= 0.6 is 27.3 Å². The number of hydrazine groups is 1. The van der Waals surface area contributed by atoms with Gasteiger partial charge in [-0.05, 0) is 34.1 Å². The highest BCUT2D eigenvalue weighted by molar-refractivity contribution is 9.11. The van der Waals surface area contributed by atoms with Crippen molar-refractivity contribution in [1.29, 1.82) is 0 Å². The Morgan fingerprint density at radius 2 is 2.25 bits per heavy atom. The molecule has 0 fully saturated rings. The van der Waals surface area contributed by atoms with Gasteiger partial charge in [-0.3, -0.25) is 5.43 Å². The molecule has 0 saturated heterocycles. The molecule has 0 amide bonds. The van der Waals surface area contributed by atoms with E-state index in [1.807, 2.05) is 6.07 Å². The minimum atomic E-state index is 0.400. The predicted molar refractivity (Wildman–Crippen MR) is 69.2 cm³/mol. The van der Waals surface area contributed by atoms with Crippen molar-refractivity contribution in [1.82, 2.24) is 9.97 Å². The Morgan fingerprint density at radius 1 is 1.38 bits per heavy atom. The van der Waals surface area contributed by atoms with Crippen molar-refractivity contribution in [2.24, 2.45) is 5.84 Å². The molecule has 0 unspecified atom stereocenters. The van der Waals surface area contributed by atoms with E-state index >= 15 is 0 Å². The number of nitrogens with zero attached hydrogens (tertiary/aromatic N) is 2. The summed E-state index contributed by atoms with van der Waals surface area (Å²) in [6.45, 7) is 0.733. The lowest BCUT2D eigenvalue weighted by Gasteiger charge is -2.04. The van der Waals surface area contributed by atoms with E-state index in [-0.39, 0.29) is 0 Å². The monoisotopic (exact) mass is 299 g/mol. The zero-order chi connectivity index (χ0) is 11.4. The van der Waals surface area contributed by atoms with E-state index in [1.54, 1.807) is 23.6 Å². The molecule has 0 atom stereocenters. The second-order valence-corrected chi connectivity index (χ2v) is 5.52. The van der Waals surface area contributed by atoms with Gasteiger partial charge in [0.2, 0.25) is 5.95 Å². The second-order valence-electron chi connectivity index (χ2n) is 2.97. The topological polar surface area (TPSA) is 75.9 Å². The van der Waals surface area contributed by atoms with Crippen LogP contribution in [0.4, 0.5) is 11.8 Å². The maximum absolute atomic E-state index is 5.22. The summed E-state index contributed by atoms with van der Waals surface area (Å²) < 4.78 is 1.12. The van der Waals surface area contributed by atoms with Crippen molar-refractivity contribution in [3.63, 3.8) is 0 Å². The van der Waals surface area contributed by atoms with Crippen molar-refractivity contribution < 1.29 is 0 Å². The maximum atomic E-state index is 5.22. The van der Waals surface area contributed by atoms with Gasteiger partial charge in [-0.15, -0.1) is 11.3 Å². The lowest BCUT2D eigenvalue weighted by atomic mass is 10.4. The van der Waals surface area contributed by atoms with Gasteiger partial charge in [0.25, 0.3) is 0 Å². The molecule has 4 N–H and O–H groups in total. The van der Waals surface area contributed by atoms with E-state index in [9.17, 15) is 0 Å². The number of halogens is 1. The third-order valence-electron chi connectivity index (χ3n) is 1.86. The number of nitrogens with one attached hydrogen (secondary N) is 2. The maximum Gasteiger partial charge on any atom is 0.239 e. The standard InChI is InChI=1S/C9H10BrN5S/c10-7-2-1-6(16-7)5-13-8-3-4-12-9(14-8)15-11/h1-4H,5,11H2,(H2,12,13,14,15). The molecule has 16 heavy (non-hydrogen) atoms. The molecule has 5 nitrogen and oxygen atoms in total. The molecule has 0 aliphatic carbocycles. The van der Waals surface area contributed by atoms with Gasteiger partial charge in [-0.2, -0.15) is 4.98 Å². The molecular weight excluding hydrogens is 290 g/mol. The van der Waals surface area contributed by atoms with E-state index < -0.39 is 0 Å². The summed E-state index contributed by atoms with van der Waals surface area (Å²) in [7, 11) is 0. The van der Waals surface area contributed by atoms with E-state index in [2.05, 4.69) is 42.7 Å². The van der Waals surface area contributed by atoms with Gasteiger partial charge in [-0.1, -0.05) is 0 Å². The molecule has 2 aromatic rings. The van der Waals surface area contributed by atoms with Crippen LogP contribution in [0.2, 0.25) is 0 Å². The summed E-state index contributed by atoms with van der Waals surface area (Å²) in [5.74, 6) is 6.37. The number of rotatable bonds is 4. The molecule has 0 aromatic carbocycles. The van der Waals surface area contributed by atoms with Crippen molar-refractivity contribution in [2.75, 3.05) is 10.7 Å². The van der Waals surface area contributed by atoms with E-state index in [0.717, 1.165) is 16.1 Å². The lowest BCUT2D eigenvalue weighted by Crippen LogP contribution is -2.11. The molecule has 84 valence electrons. The van der Waals surface area contributed by atoms with Crippen LogP contribution in [0, 0.1) is 0 Å². The number of anilines is 2. The Hall–Kier alpha value is -1.18. The number of thiophene rings is 1. The molecule has 7 heteroatoms. The van der Waals surface area contributed by atoms with Gasteiger partial charge in [0.1, 0.15) is 5.82 Å². The highest BCUT2D eigenvalue weighted by atomic mass is 79.9. The summed E-state index contributed by atoms with van der Waals surface area (Å²) in [5, 5.41) is 3.19. The molecule has 2 rings (SSSR count). The van der Waals surface area contributed by atoms with E-state index in [1.165, 1.54) is 4.88 Å². The molecule has 2 aromatic heterocycles. The molecule has 0 bridgehead atoms. The molecular formula is C9H10BrN5S. The zero-order valence-corrected chi connectivity index (χ0v) is 10.7. The highest BCUT2D eigenvalue weighted by Gasteiger charge is 1.99. The smallest absolute Gasteiger partial charge is 0.239 e. The second kappa shape index (κ2) is 5.24. The van der Waals surface area contributed by atoms with Crippen LogP contribution in [-0.4, -0.2) is 9.97 Å². The first-order chi connectivity index (χ1) is 7.78. The van der Waals surface area contributed by atoms with Gasteiger partial charge in [0.15, 0.2) is 0 Å². The Labute approximate surface area is 105 Å². The van der Waals surface area contributed by atoms with Crippen LogP contribution in [0.3, 0.4) is 0 Å². The fraction of sp³-hybridized carbons (Fsp3) is 0.111. The summed E-state index contributed by atoms with van der Waals surface area (Å²) in [5.41, 5.74) is 2.40. The van der Waals surface area contributed by atoms with E-state index in [4.69, 9.17) is 5.84 Å². The largest absolute Gasteiger partial charge is 0.365 e. The fourth-order valence-corrected chi connectivity index (χ4v) is 2.57. The summed E-state index contributed by atoms with van der Waals surface area (Å²) in [6, 6.07) is 5.88. The fourth-order valence-electron chi connectivity index (χ4n) is 1.15. The summed E-state index contributed by atoms with van der Waals surface area (Å²) in [6.07, 6.45) is 1.65. The normalized spacial score (nSPS) is 10.1. The van der Waals surface area contributed by atoms with Crippen molar-refractivity contribution in [3.8, 4) is 0 Å². The average molecular weight is 300 g/mol. The van der Waals surface area contributed by atoms with Crippen LogP contribution < -0.4 is 16.6 Å². The lowest BCUT2D eigenvalue weighted by molar-refractivity contribution is 1.08. The number of nitrogen functional groups attached to an aromatic ring is 1. The quantitative estimate of drug-likeness (QED) is 0.596. The number of nitrogens with two attached hydrogens (primary N) is 1. The number of hydrogen-bond acceptors (Lipinski definition) is 6. The number of aromatic nitrogens is 2. The summed E-state index contributed by atoms with van der Waals surface area (Å²) >= 11 is 5.11. The number of hydrogen-bond donors (Lipinski definition) is 3. The van der Waals surface area contributed by atoms with Crippen LogP contribution in [0.1, 0.15) is 4.88 Å². The first kappa shape index (κ1) is 11.3. The summed E-state index contributed by atoms with van der Waals surface area (Å²) in [4.78, 5) is 9.30. The Balaban J connectivity index is 1.99. The van der Waals surface area contributed by atoms with Gasteiger partial charge in [0.05, 0.1) is 10.3 Å². The van der Waals surface area contributed by atoms with Gasteiger partial charge < -0.3 is 5.32 Å². The average Bonchev–Trinajstić information content (AvgIpc) is 2.73. The van der Waals surface area contributed by atoms with Gasteiger partial charge >= 0.3 is 0 Å². The Morgan fingerprint density at radius 3 is 2.94 bits per heavy atom. The van der Waals surface area contributed by atoms with Crippen LogP contribution in [0.5, 0.6) is 0 Å². The first-order valence-corrected chi connectivity index (χ1v) is 6.16. The highest BCUT2D eigenvalue weighted by Crippen LogP contribution is 2.22. The van der Waals surface area contributed by atoms with E-state index in [0.29, 0.717) is 5.95 Å². The molecule has 0 radical (unpaired) electrons. The zero-order valence-electron chi connectivity index (χ0n) is 8.27. The molecule has 0 aliphatic rings. The third kappa shape index (κ3) is 2.91. The van der Waals surface area contributed by atoms with Gasteiger partial charge in [0, 0.05) is 11.1 Å². The van der Waals surface area contributed by atoms with Gasteiger partial charge in [-0.25, -0.2) is 10.8 Å². The molecule has 0 aliphatic heterocycles.